The van der Waals surface area contributed by atoms with Crippen LogP contribution in [0.3, 0.4) is 0 Å². The van der Waals surface area contributed by atoms with Crippen molar-refractivity contribution in [2.75, 3.05) is 0 Å². The molecule has 0 bridgehead atoms. The highest BCUT2D eigenvalue weighted by Crippen LogP contribution is 2.10. The Labute approximate surface area is 95.9 Å². The third kappa shape index (κ3) is 2.54. The molecule has 0 aliphatic rings. The second-order valence-corrected chi connectivity index (χ2v) is 3.75. The van der Waals surface area contributed by atoms with E-state index in [-0.39, 0.29) is 11.7 Å². The molecule has 0 fully saturated rings. The topological polar surface area (TPSA) is 75.1 Å². The molecule has 0 saturated heterocycles. The van der Waals surface area contributed by atoms with Gasteiger partial charge in [0.05, 0.1) is 0 Å². The summed E-state index contributed by atoms with van der Waals surface area (Å²) in [7, 11) is 0. The fraction of sp³-hybridized carbons (Fsp3) is 0.100. The van der Waals surface area contributed by atoms with Crippen molar-refractivity contribution in [2.24, 2.45) is 0 Å². The van der Waals surface area contributed by atoms with Gasteiger partial charge in [-0.2, -0.15) is 0 Å². The monoisotopic (exact) mass is 235 g/mol. The average molecular weight is 235 g/mol. The van der Waals surface area contributed by atoms with Crippen LogP contribution in [0.25, 0.3) is 0 Å². The predicted octanol–water partition coefficient (Wildman–Crippen LogP) is 1.17. The second kappa shape index (κ2) is 4.71. The number of aromatic nitrogens is 2. The van der Waals surface area contributed by atoms with E-state index in [1.54, 1.807) is 23.6 Å². The van der Waals surface area contributed by atoms with Gasteiger partial charge >= 0.3 is 0 Å². The van der Waals surface area contributed by atoms with Gasteiger partial charge in [-0.1, -0.05) is 16.6 Å². The van der Waals surface area contributed by atoms with Gasteiger partial charge in [-0.15, -0.1) is 5.10 Å². The lowest BCUT2D eigenvalue weighted by atomic mass is 10.2. The van der Waals surface area contributed by atoms with Crippen molar-refractivity contribution in [3.63, 3.8) is 0 Å². The summed E-state index contributed by atoms with van der Waals surface area (Å²) in [5.41, 5.74) is 1.14. The van der Waals surface area contributed by atoms with E-state index in [0.717, 1.165) is 17.1 Å². The number of nitrogens with zero attached hydrogens (tertiary/aromatic N) is 2. The number of rotatable bonds is 3. The van der Waals surface area contributed by atoms with Crippen LogP contribution >= 0.6 is 11.5 Å². The Bertz CT molecular complexity index is 485. The van der Waals surface area contributed by atoms with Gasteiger partial charge in [0.2, 0.25) is 0 Å². The lowest BCUT2D eigenvalue weighted by Crippen LogP contribution is -2.23. The molecule has 0 atom stereocenters. The van der Waals surface area contributed by atoms with Crippen LogP contribution in [0.5, 0.6) is 5.75 Å². The number of hydrogen-bond donors (Lipinski definition) is 2. The van der Waals surface area contributed by atoms with Crippen LogP contribution in [0.2, 0.25) is 0 Å². The predicted molar refractivity (Wildman–Crippen MR) is 59.2 cm³/mol. The molecule has 0 aliphatic heterocycles. The molecule has 0 saturated carbocycles. The van der Waals surface area contributed by atoms with E-state index in [9.17, 15) is 9.90 Å². The minimum absolute atomic E-state index is 0.182. The molecule has 0 radical (unpaired) electrons. The van der Waals surface area contributed by atoms with Gasteiger partial charge in [-0.3, -0.25) is 4.79 Å². The normalized spacial score (nSPS) is 10.0. The molecular weight excluding hydrogens is 226 g/mol. The third-order valence-electron chi connectivity index (χ3n) is 1.96. The van der Waals surface area contributed by atoms with Crippen LogP contribution < -0.4 is 5.32 Å². The maximum absolute atomic E-state index is 11.5. The zero-order valence-corrected chi connectivity index (χ0v) is 9.07. The Morgan fingerprint density at radius 2 is 2.38 bits per heavy atom. The first-order chi connectivity index (χ1) is 7.75. The molecular formula is C10H9N3O2S. The molecule has 82 valence electrons. The molecule has 2 N–H and O–H groups in total. The van der Waals surface area contributed by atoms with Crippen molar-refractivity contribution >= 4 is 17.4 Å². The summed E-state index contributed by atoms with van der Waals surface area (Å²) in [6.45, 7) is 0.352. The summed E-state index contributed by atoms with van der Waals surface area (Å²) in [6, 6.07) is 6.72. The minimum Gasteiger partial charge on any atom is -0.508 e. The molecule has 2 aromatic rings. The van der Waals surface area contributed by atoms with Crippen molar-refractivity contribution in [1.82, 2.24) is 14.9 Å². The van der Waals surface area contributed by atoms with E-state index in [2.05, 4.69) is 14.9 Å². The average Bonchev–Trinajstić information content (AvgIpc) is 2.79. The summed E-state index contributed by atoms with van der Waals surface area (Å²) >= 11 is 1.13. The summed E-state index contributed by atoms with van der Waals surface area (Å²) in [6.07, 6.45) is 0. The van der Waals surface area contributed by atoms with Crippen molar-refractivity contribution in [2.45, 2.75) is 6.54 Å². The zero-order valence-electron chi connectivity index (χ0n) is 8.25. The molecule has 1 aromatic heterocycles. The molecule has 2 rings (SSSR count). The highest BCUT2D eigenvalue weighted by molar-refractivity contribution is 7.03. The van der Waals surface area contributed by atoms with Crippen molar-refractivity contribution in [1.29, 1.82) is 0 Å². The number of benzene rings is 1. The Morgan fingerprint density at radius 3 is 3.06 bits per heavy atom. The second-order valence-electron chi connectivity index (χ2n) is 3.14. The number of phenolic OH excluding ortho intramolecular Hbond substituents is 1. The van der Waals surface area contributed by atoms with Crippen LogP contribution in [-0.4, -0.2) is 20.6 Å². The summed E-state index contributed by atoms with van der Waals surface area (Å²) in [5, 5.41) is 17.1. The molecule has 5 nitrogen and oxygen atoms in total. The van der Waals surface area contributed by atoms with Gasteiger partial charge < -0.3 is 10.4 Å². The minimum atomic E-state index is -0.267. The number of hydrogen-bond acceptors (Lipinski definition) is 5. The molecule has 1 amide bonds. The Hall–Kier alpha value is -1.95. The van der Waals surface area contributed by atoms with Gasteiger partial charge in [0.1, 0.15) is 5.75 Å². The fourth-order valence-corrected chi connectivity index (χ4v) is 1.64. The molecule has 6 heteroatoms. The maximum Gasteiger partial charge on any atom is 0.273 e. The summed E-state index contributed by atoms with van der Waals surface area (Å²) < 4.78 is 3.60. The Balaban J connectivity index is 1.95. The molecule has 16 heavy (non-hydrogen) atoms. The van der Waals surface area contributed by atoms with Gasteiger partial charge in [0, 0.05) is 11.9 Å². The summed E-state index contributed by atoms with van der Waals surface area (Å²) in [5.74, 6) is -0.0841. The van der Waals surface area contributed by atoms with E-state index in [4.69, 9.17) is 0 Å². The lowest BCUT2D eigenvalue weighted by Gasteiger charge is -2.03. The van der Waals surface area contributed by atoms with E-state index >= 15 is 0 Å². The number of carbonyl (C=O) groups excluding carboxylic acids is 1. The maximum atomic E-state index is 11.5. The van der Waals surface area contributed by atoms with Gasteiger partial charge in [-0.05, 0) is 29.2 Å². The number of carbonyl (C=O) groups is 1. The van der Waals surface area contributed by atoms with E-state index < -0.39 is 0 Å². The number of amides is 1. The van der Waals surface area contributed by atoms with Crippen LogP contribution in [0, 0.1) is 0 Å². The molecule has 1 aromatic carbocycles. The first kappa shape index (κ1) is 10.6. The van der Waals surface area contributed by atoms with Gasteiger partial charge in [-0.25, -0.2) is 0 Å². The first-order valence-corrected chi connectivity index (χ1v) is 5.42. The fourth-order valence-electron chi connectivity index (χ4n) is 1.20. The van der Waals surface area contributed by atoms with E-state index in [0.29, 0.717) is 12.2 Å². The molecule has 1 heterocycles. The SMILES string of the molecule is O=C(NCc1cccc(O)c1)c1csnn1. The molecule has 0 aliphatic carbocycles. The first-order valence-electron chi connectivity index (χ1n) is 4.59. The van der Waals surface area contributed by atoms with Gasteiger partial charge in [0.15, 0.2) is 5.69 Å². The summed E-state index contributed by atoms with van der Waals surface area (Å²) in [4.78, 5) is 11.5. The lowest BCUT2D eigenvalue weighted by molar-refractivity contribution is 0.0946. The zero-order chi connectivity index (χ0) is 11.4. The van der Waals surface area contributed by atoms with Crippen molar-refractivity contribution < 1.29 is 9.90 Å². The van der Waals surface area contributed by atoms with E-state index in [1.165, 1.54) is 0 Å². The highest BCUT2D eigenvalue weighted by Gasteiger charge is 2.07. The Morgan fingerprint density at radius 1 is 1.50 bits per heavy atom. The van der Waals surface area contributed by atoms with Crippen LogP contribution in [0.4, 0.5) is 0 Å². The number of aromatic hydroxyl groups is 1. The van der Waals surface area contributed by atoms with Crippen molar-refractivity contribution in [3.8, 4) is 5.75 Å². The van der Waals surface area contributed by atoms with Gasteiger partial charge in [0.25, 0.3) is 5.91 Å². The highest BCUT2D eigenvalue weighted by atomic mass is 32.1. The standard InChI is InChI=1S/C10H9N3O2S/c14-8-3-1-2-7(4-8)5-11-10(15)9-6-16-13-12-9/h1-4,6,14H,5H2,(H,11,15). The third-order valence-corrected chi connectivity index (χ3v) is 2.46. The smallest absolute Gasteiger partial charge is 0.273 e. The largest absolute Gasteiger partial charge is 0.508 e. The van der Waals surface area contributed by atoms with Crippen LogP contribution in [0.15, 0.2) is 29.6 Å². The number of nitrogens with one attached hydrogen (secondary N) is 1. The number of phenols is 1. The van der Waals surface area contributed by atoms with Crippen LogP contribution in [0.1, 0.15) is 16.1 Å². The quantitative estimate of drug-likeness (QED) is 0.837. The van der Waals surface area contributed by atoms with Crippen molar-refractivity contribution in [3.05, 3.63) is 40.9 Å². The van der Waals surface area contributed by atoms with E-state index in [1.807, 2.05) is 6.07 Å². The molecule has 0 spiro atoms. The Kier molecular flexibility index (Phi) is 3.11. The van der Waals surface area contributed by atoms with Crippen LogP contribution in [-0.2, 0) is 6.54 Å². The molecule has 0 unspecified atom stereocenters.